The summed E-state index contributed by atoms with van der Waals surface area (Å²) in [5.41, 5.74) is 2.79. The largest absolute Gasteiger partial charge is 0.384 e. The summed E-state index contributed by atoms with van der Waals surface area (Å²) in [6, 6.07) is 9.15. The smallest absolute Gasteiger partial charge is 0.0491 e. The number of benzene rings is 1. The van der Waals surface area contributed by atoms with Gasteiger partial charge in [0.1, 0.15) is 0 Å². The molecular formula is C16H26N2O. The first-order chi connectivity index (χ1) is 9.26. The van der Waals surface area contributed by atoms with Crippen molar-refractivity contribution in [1.29, 1.82) is 0 Å². The van der Waals surface area contributed by atoms with Crippen molar-refractivity contribution in [3.05, 3.63) is 29.8 Å². The number of hydrogen-bond donors (Lipinski definition) is 1. The monoisotopic (exact) mass is 262 g/mol. The van der Waals surface area contributed by atoms with Crippen LogP contribution < -0.4 is 10.2 Å². The average Bonchev–Trinajstić information content (AvgIpc) is 2.47. The van der Waals surface area contributed by atoms with Crippen molar-refractivity contribution in [2.45, 2.75) is 25.8 Å². The Morgan fingerprint density at radius 2 is 2.00 bits per heavy atom. The highest BCUT2D eigenvalue weighted by atomic mass is 16.5. The van der Waals surface area contributed by atoms with Crippen LogP contribution in [0.15, 0.2) is 24.3 Å². The van der Waals surface area contributed by atoms with E-state index in [4.69, 9.17) is 4.74 Å². The van der Waals surface area contributed by atoms with Gasteiger partial charge in [-0.2, -0.15) is 0 Å². The van der Waals surface area contributed by atoms with Crippen LogP contribution in [-0.4, -0.2) is 33.9 Å². The summed E-state index contributed by atoms with van der Waals surface area (Å²) in [5, 5.41) is 3.34. The maximum Gasteiger partial charge on any atom is 0.0491 e. The van der Waals surface area contributed by atoms with Crippen molar-refractivity contribution in [3.63, 3.8) is 0 Å². The lowest BCUT2D eigenvalue weighted by atomic mass is 9.96. The number of methoxy groups -OCH3 is 1. The second-order valence-electron chi connectivity index (χ2n) is 5.45. The van der Waals surface area contributed by atoms with Gasteiger partial charge in [0, 0.05) is 38.5 Å². The summed E-state index contributed by atoms with van der Waals surface area (Å²) in [7, 11) is 3.82. The molecule has 1 aromatic rings. The zero-order chi connectivity index (χ0) is 13.7. The van der Waals surface area contributed by atoms with Crippen LogP contribution in [0.4, 0.5) is 5.69 Å². The molecule has 0 radical (unpaired) electrons. The number of hydrogen-bond acceptors (Lipinski definition) is 3. The molecule has 19 heavy (non-hydrogen) atoms. The van der Waals surface area contributed by atoms with Crippen LogP contribution in [0.2, 0.25) is 0 Å². The van der Waals surface area contributed by atoms with E-state index in [-0.39, 0.29) is 0 Å². The van der Waals surface area contributed by atoms with E-state index >= 15 is 0 Å². The van der Waals surface area contributed by atoms with E-state index in [0.29, 0.717) is 6.04 Å². The molecule has 1 N–H and O–H groups in total. The van der Waals surface area contributed by atoms with E-state index in [0.717, 1.165) is 25.6 Å². The lowest BCUT2D eigenvalue weighted by Gasteiger charge is -2.35. The minimum absolute atomic E-state index is 0.396. The zero-order valence-corrected chi connectivity index (χ0v) is 12.4. The summed E-state index contributed by atoms with van der Waals surface area (Å²) in [6.07, 6.45) is 2.46. The fourth-order valence-electron chi connectivity index (χ4n) is 2.87. The Hall–Kier alpha value is -1.06. The first kappa shape index (κ1) is 14.4. The normalized spacial score (nSPS) is 18.6. The molecule has 0 aliphatic carbocycles. The number of ether oxygens (including phenoxy) is 1. The SMILES string of the molecule is CNC(C)c1ccccc1N1CCC(COC)CC1. The summed E-state index contributed by atoms with van der Waals surface area (Å²) in [6.45, 7) is 5.40. The topological polar surface area (TPSA) is 24.5 Å². The van der Waals surface area contributed by atoms with E-state index < -0.39 is 0 Å². The van der Waals surface area contributed by atoms with Crippen LogP contribution in [0.25, 0.3) is 0 Å². The van der Waals surface area contributed by atoms with Gasteiger partial charge in [-0.25, -0.2) is 0 Å². The third-order valence-electron chi connectivity index (χ3n) is 4.19. The Kier molecular flexibility index (Phi) is 5.23. The van der Waals surface area contributed by atoms with Gasteiger partial charge in [-0.15, -0.1) is 0 Å². The van der Waals surface area contributed by atoms with Crippen molar-refractivity contribution >= 4 is 5.69 Å². The molecule has 1 heterocycles. The molecule has 1 aliphatic rings. The standard InChI is InChI=1S/C16H26N2O/c1-13(17-2)15-6-4-5-7-16(15)18-10-8-14(9-11-18)12-19-3/h4-7,13-14,17H,8-12H2,1-3H3. The summed E-state index contributed by atoms with van der Waals surface area (Å²) in [5.74, 6) is 0.732. The van der Waals surface area contributed by atoms with E-state index in [1.54, 1.807) is 7.11 Å². The lowest BCUT2D eigenvalue weighted by molar-refractivity contribution is 0.139. The Labute approximate surface area is 116 Å². The van der Waals surface area contributed by atoms with E-state index in [1.165, 1.54) is 24.1 Å². The highest BCUT2D eigenvalue weighted by Gasteiger charge is 2.21. The van der Waals surface area contributed by atoms with Gasteiger partial charge < -0.3 is 15.0 Å². The first-order valence-corrected chi connectivity index (χ1v) is 7.26. The van der Waals surface area contributed by atoms with Crippen molar-refractivity contribution in [3.8, 4) is 0 Å². The molecule has 1 aromatic carbocycles. The molecule has 2 rings (SSSR count). The maximum atomic E-state index is 5.27. The predicted octanol–water partition coefficient (Wildman–Crippen LogP) is 2.83. The van der Waals surface area contributed by atoms with Crippen LogP contribution in [-0.2, 0) is 4.74 Å². The predicted molar refractivity (Wildman–Crippen MR) is 80.7 cm³/mol. The van der Waals surface area contributed by atoms with Crippen LogP contribution in [0, 0.1) is 5.92 Å². The second kappa shape index (κ2) is 6.92. The van der Waals surface area contributed by atoms with Gasteiger partial charge in [0.25, 0.3) is 0 Å². The lowest BCUT2D eigenvalue weighted by Crippen LogP contribution is -2.36. The van der Waals surface area contributed by atoms with E-state index in [9.17, 15) is 0 Å². The first-order valence-electron chi connectivity index (χ1n) is 7.26. The Morgan fingerprint density at radius 1 is 1.32 bits per heavy atom. The van der Waals surface area contributed by atoms with Crippen molar-refractivity contribution in [1.82, 2.24) is 5.32 Å². The zero-order valence-electron chi connectivity index (χ0n) is 12.4. The van der Waals surface area contributed by atoms with Crippen LogP contribution >= 0.6 is 0 Å². The minimum Gasteiger partial charge on any atom is -0.384 e. The number of nitrogens with zero attached hydrogens (tertiary/aromatic N) is 1. The molecule has 1 unspecified atom stereocenters. The molecule has 1 fully saturated rings. The maximum absolute atomic E-state index is 5.27. The molecule has 3 nitrogen and oxygen atoms in total. The number of rotatable bonds is 5. The number of anilines is 1. The average molecular weight is 262 g/mol. The van der Waals surface area contributed by atoms with Crippen LogP contribution in [0.1, 0.15) is 31.4 Å². The Bertz CT molecular complexity index is 386. The highest BCUT2D eigenvalue weighted by molar-refractivity contribution is 5.55. The van der Waals surface area contributed by atoms with Crippen LogP contribution in [0.3, 0.4) is 0 Å². The van der Waals surface area contributed by atoms with Gasteiger partial charge >= 0.3 is 0 Å². The molecule has 0 amide bonds. The van der Waals surface area contributed by atoms with Gasteiger partial charge in [-0.3, -0.25) is 0 Å². The van der Waals surface area contributed by atoms with Gasteiger partial charge in [0.05, 0.1) is 0 Å². The molecule has 0 bridgehead atoms. The van der Waals surface area contributed by atoms with Gasteiger partial charge in [-0.1, -0.05) is 18.2 Å². The number of para-hydroxylation sites is 1. The fourth-order valence-corrected chi connectivity index (χ4v) is 2.87. The van der Waals surface area contributed by atoms with Gasteiger partial charge in [0.2, 0.25) is 0 Å². The fraction of sp³-hybridized carbons (Fsp3) is 0.625. The number of nitrogens with one attached hydrogen (secondary N) is 1. The molecule has 106 valence electrons. The minimum atomic E-state index is 0.396. The molecule has 1 atom stereocenters. The second-order valence-corrected chi connectivity index (χ2v) is 5.45. The summed E-state index contributed by atoms with van der Waals surface area (Å²) < 4.78 is 5.27. The highest BCUT2D eigenvalue weighted by Crippen LogP contribution is 2.29. The summed E-state index contributed by atoms with van der Waals surface area (Å²) in [4.78, 5) is 2.52. The van der Waals surface area contributed by atoms with Crippen molar-refractivity contribution < 1.29 is 4.74 Å². The molecule has 0 saturated carbocycles. The third kappa shape index (κ3) is 3.48. The molecule has 0 spiro atoms. The Morgan fingerprint density at radius 3 is 2.63 bits per heavy atom. The van der Waals surface area contributed by atoms with Crippen LogP contribution in [0.5, 0.6) is 0 Å². The van der Waals surface area contributed by atoms with Crippen molar-refractivity contribution in [2.75, 3.05) is 38.8 Å². The summed E-state index contributed by atoms with van der Waals surface area (Å²) >= 11 is 0. The van der Waals surface area contributed by atoms with E-state index in [1.807, 2.05) is 7.05 Å². The van der Waals surface area contributed by atoms with E-state index in [2.05, 4.69) is 41.4 Å². The van der Waals surface area contributed by atoms with Crippen molar-refractivity contribution in [2.24, 2.45) is 5.92 Å². The molecular weight excluding hydrogens is 236 g/mol. The molecule has 1 aliphatic heterocycles. The number of piperidine rings is 1. The quantitative estimate of drug-likeness (QED) is 0.883. The molecule has 1 saturated heterocycles. The molecule has 0 aromatic heterocycles. The third-order valence-corrected chi connectivity index (χ3v) is 4.19. The van der Waals surface area contributed by atoms with Gasteiger partial charge in [-0.05, 0) is 44.4 Å². The Balaban J connectivity index is 2.07. The molecule has 3 heteroatoms. The van der Waals surface area contributed by atoms with Gasteiger partial charge in [0.15, 0.2) is 0 Å².